The maximum atomic E-state index is 12.9. The molecule has 0 aliphatic rings. The van der Waals surface area contributed by atoms with Gasteiger partial charge < -0.3 is 19.5 Å². The predicted octanol–water partition coefficient (Wildman–Crippen LogP) is 3.47. The number of nitrogens with one attached hydrogen (secondary N) is 2. The molecule has 0 aromatic heterocycles. The van der Waals surface area contributed by atoms with Crippen LogP contribution in [0, 0.1) is 0 Å². The summed E-state index contributed by atoms with van der Waals surface area (Å²) in [5, 5.41) is 2.54. The zero-order valence-electron chi connectivity index (χ0n) is 18.5. The number of ether oxygens (including phenoxy) is 3. The van der Waals surface area contributed by atoms with Crippen molar-refractivity contribution >= 4 is 39.2 Å². The minimum Gasteiger partial charge on any atom is -0.493 e. The number of halogens is 1. The van der Waals surface area contributed by atoms with Crippen LogP contribution >= 0.6 is 11.6 Å². The van der Waals surface area contributed by atoms with Crippen LogP contribution in [0.3, 0.4) is 0 Å². The van der Waals surface area contributed by atoms with Crippen LogP contribution in [0.15, 0.2) is 35.2 Å². The molecule has 174 valence electrons. The molecule has 0 unspecified atom stereocenters. The van der Waals surface area contributed by atoms with Crippen LogP contribution in [0.1, 0.15) is 41.5 Å². The van der Waals surface area contributed by atoms with Gasteiger partial charge in [-0.15, -0.1) is 0 Å². The molecule has 11 heteroatoms. The molecule has 0 saturated carbocycles. The van der Waals surface area contributed by atoms with E-state index in [1.54, 1.807) is 20.8 Å². The summed E-state index contributed by atoms with van der Waals surface area (Å²) in [5.74, 6) is -0.857. The molecular weight excluding hydrogens is 460 g/mol. The molecule has 0 fully saturated rings. The molecule has 0 saturated heterocycles. The van der Waals surface area contributed by atoms with Gasteiger partial charge in [0.05, 0.1) is 37.6 Å². The van der Waals surface area contributed by atoms with Gasteiger partial charge in [0.2, 0.25) is 10.0 Å². The molecule has 9 nitrogen and oxygen atoms in total. The Morgan fingerprint density at radius 1 is 0.969 bits per heavy atom. The van der Waals surface area contributed by atoms with Crippen molar-refractivity contribution in [2.24, 2.45) is 0 Å². The molecule has 0 heterocycles. The molecule has 0 aliphatic heterocycles. The summed E-state index contributed by atoms with van der Waals surface area (Å²) in [6, 6.07) is 6.60. The van der Waals surface area contributed by atoms with Crippen LogP contribution in [-0.2, 0) is 14.8 Å². The van der Waals surface area contributed by atoms with Crippen LogP contribution in [0.2, 0.25) is 5.02 Å². The van der Waals surface area contributed by atoms with Gasteiger partial charge in [0.1, 0.15) is 4.90 Å². The van der Waals surface area contributed by atoms with Crippen molar-refractivity contribution in [3.63, 3.8) is 0 Å². The lowest BCUT2D eigenvalue weighted by Crippen LogP contribution is -2.40. The first-order valence-electron chi connectivity index (χ1n) is 9.32. The van der Waals surface area contributed by atoms with Crippen molar-refractivity contribution in [1.82, 2.24) is 4.72 Å². The van der Waals surface area contributed by atoms with E-state index in [1.807, 2.05) is 0 Å². The average Bonchev–Trinajstić information content (AvgIpc) is 2.71. The number of methoxy groups -OCH3 is 3. The second kappa shape index (κ2) is 9.76. The van der Waals surface area contributed by atoms with Crippen LogP contribution in [0.5, 0.6) is 11.5 Å². The summed E-state index contributed by atoms with van der Waals surface area (Å²) in [6.07, 6.45) is 0. The van der Waals surface area contributed by atoms with Crippen molar-refractivity contribution in [1.29, 1.82) is 0 Å². The Balaban J connectivity index is 2.49. The second-order valence-electron chi connectivity index (χ2n) is 7.70. The van der Waals surface area contributed by atoms with Gasteiger partial charge in [-0.3, -0.25) is 4.79 Å². The van der Waals surface area contributed by atoms with Crippen molar-refractivity contribution in [2.75, 3.05) is 26.6 Å². The number of rotatable bonds is 7. The van der Waals surface area contributed by atoms with E-state index < -0.39 is 27.4 Å². The Morgan fingerprint density at radius 3 is 2.09 bits per heavy atom. The minimum atomic E-state index is -4.00. The van der Waals surface area contributed by atoms with Crippen LogP contribution < -0.4 is 19.5 Å². The van der Waals surface area contributed by atoms with Crippen molar-refractivity contribution in [2.45, 2.75) is 31.2 Å². The summed E-state index contributed by atoms with van der Waals surface area (Å²) in [6.45, 7) is 5.04. The van der Waals surface area contributed by atoms with Gasteiger partial charge in [-0.2, -0.15) is 0 Å². The zero-order valence-corrected chi connectivity index (χ0v) is 20.1. The molecule has 0 aliphatic carbocycles. The normalized spacial score (nSPS) is 11.6. The number of esters is 1. The highest BCUT2D eigenvalue weighted by atomic mass is 35.5. The third-order valence-corrected chi connectivity index (χ3v) is 6.34. The Hall–Kier alpha value is -2.82. The highest BCUT2D eigenvalue weighted by Crippen LogP contribution is 2.34. The number of hydrogen-bond donors (Lipinski definition) is 2. The van der Waals surface area contributed by atoms with E-state index in [-0.39, 0.29) is 38.2 Å². The maximum Gasteiger partial charge on any atom is 0.340 e. The molecule has 0 atom stereocenters. The monoisotopic (exact) mass is 484 g/mol. The quantitative estimate of drug-likeness (QED) is 0.577. The minimum absolute atomic E-state index is 0.00860. The van der Waals surface area contributed by atoms with Gasteiger partial charge in [-0.05, 0) is 39.0 Å². The number of carbonyl (C=O) groups excluding carboxylic acids is 2. The summed E-state index contributed by atoms with van der Waals surface area (Å²) in [7, 11) is 0.00612. The number of carbonyl (C=O) groups is 2. The standard InChI is InChI=1S/C21H25ClN2O7S/c1-21(2,3)24-32(27,28)18-9-12(7-8-14(18)22)19(25)23-15-11-17(30-5)16(29-4)10-13(15)20(26)31-6/h7-11,24H,1-6H3,(H,23,25). The lowest BCUT2D eigenvalue weighted by atomic mass is 10.1. The maximum absolute atomic E-state index is 12.9. The fraction of sp³-hybridized carbons (Fsp3) is 0.333. The van der Waals surface area contributed by atoms with Gasteiger partial charge in [0, 0.05) is 23.2 Å². The van der Waals surface area contributed by atoms with Crippen LogP contribution in [-0.4, -0.2) is 47.2 Å². The average molecular weight is 485 g/mol. The number of sulfonamides is 1. The van der Waals surface area contributed by atoms with Crippen LogP contribution in [0.4, 0.5) is 5.69 Å². The molecule has 2 aromatic carbocycles. The number of hydrogen-bond acceptors (Lipinski definition) is 7. The molecule has 0 bridgehead atoms. The fourth-order valence-electron chi connectivity index (χ4n) is 2.76. The Labute approximate surface area is 192 Å². The summed E-state index contributed by atoms with van der Waals surface area (Å²) in [4.78, 5) is 24.9. The topological polar surface area (TPSA) is 120 Å². The van der Waals surface area contributed by atoms with E-state index in [0.717, 1.165) is 6.07 Å². The largest absolute Gasteiger partial charge is 0.493 e. The zero-order chi connectivity index (χ0) is 24.3. The second-order valence-corrected chi connectivity index (χ2v) is 9.76. The number of anilines is 1. The van der Waals surface area contributed by atoms with Crippen molar-refractivity contribution < 1.29 is 32.2 Å². The molecule has 2 aromatic rings. The predicted molar refractivity (Wildman–Crippen MR) is 120 cm³/mol. The van der Waals surface area contributed by atoms with E-state index in [4.69, 9.17) is 25.8 Å². The highest BCUT2D eigenvalue weighted by Gasteiger charge is 2.26. The summed E-state index contributed by atoms with van der Waals surface area (Å²) in [5.41, 5.74) is -0.633. The fourth-order valence-corrected chi connectivity index (χ4v) is 4.71. The third kappa shape index (κ3) is 5.90. The van der Waals surface area contributed by atoms with E-state index >= 15 is 0 Å². The molecule has 2 N–H and O–H groups in total. The molecular formula is C21H25ClN2O7S. The first-order chi connectivity index (χ1) is 14.8. The Morgan fingerprint density at radius 2 is 1.56 bits per heavy atom. The van der Waals surface area contributed by atoms with E-state index in [1.165, 1.54) is 45.6 Å². The molecule has 1 amide bonds. The van der Waals surface area contributed by atoms with Crippen molar-refractivity contribution in [3.8, 4) is 11.5 Å². The number of amides is 1. The Kier molecular flexibility index (Phi) is 7.76. The van der Waals surface area contributed by atoms with Gasteiger partial charge in [0.25, 0.3) is 5.91 Å². The smallest absolute Gasteiger partial charge is 0.340 e. The highest BCUT2D eigenvalue weighted by molar-refractivity contribution is 7.89. The molecule has 0 radical (unpaired) electrons. The SMILES string of the molecule is COC(=O)c1cc(OC)c(OC)cc1NC(=O)c1ccc(Cl)c(S(=O)(=O)NC(C)(C)C)c1. The summed E-state index contributed by atoms with van der Waals surface area (Å²) >= 11 is 6.09. The van der Waals surface area contributed by atoms with E-state index in [0.29, 0.717) is 0 Å². The van der Waals surface area contributed by atoms with Gasteiger partial charge in [-0.1, -0.05) is 11.6 Å². The first kappa shape index (κ1) is 25.4. The number of benzene rings is 2. The molecule has 2 rings (SSSR count). The Bertz CT molecular complexity index is 1140. The van der Waals surface area contributed by atoms with Gasteiger partial charge in [0.15, 0.2) is 11.5 Å². The lowest BCUT2D eigenvalue weighted by Gasteiger charge is -2.21. The molecule has 32 heavy (non-hydrogen) atoms. The molecule has 0 spiro atoms. The first-order valence-corrected chi connectivity index (χ1v) is 11.2. The third-order valence-electron chi connectivity index (χ3n) is 4.10. The van der Waals surface area contributed by atoms with Crippen molar-refractivity contribution in [3.05, 3.63) is 46.5 Å². The summed E-state index contributed by atoms with van der Waals surface area (Å²) < 4.78 is 43.1. The van der Waals surface area contributed by atoms with E-state index in [9.17, 15) is 18.0 Å². The van der Waals surface area contributed by atoms with E-state index in [2.05, 4.69) is 10.0 Å². The van der Waals surface area contributed by atoms with Crippen LogP contribution in [0.25, 0.3) is 0 Å². The van der Waals surface area contributed by atoms with Gasteiger partial charge >= 0.3 is 5.97 Å². The lowest BCUT2D eigenvalue weighted by molar-refractivity contribution is 0.0601. The van der Waals surface area contributed by atoms with Gasteiger partial charge in [-0.25, -0.2) is 17.9 Å².